The van der Waals surface area contributed by atoms with Gasteiger partial charge in [-0.1, -0.05) is 12.1 Å². The lowest BCUT2D eigenvalue weighted by atomic mass is 10.1. The quantitative estimate of drug-likeness (QED) is 0.859. The third-order valence-corrected chi connectivity index (χ3v) is 3.20. The molecule has 0 aromatic carbocycles. The maximum Gasteiger partial charge on any atom is 0.229 e. The fourth-order valence-electron chi connectivity index (χ4n) is 2.25. The number of amides is 1. The standard InChI is InChI=1S/C14H18N4O/c1-16-12-9-11(8-10(12)5-6-15)14(19)18-13-4-2-3-7-17-13/h2-5,7,11H,6,8-9,15H2,1H3,(H,17,18,19)/b10-5-,16-12?. The highest BCUT2D eigenvalue weighted by Gasteiger charge is 2.30. The molecule has 1 aromatic heterocycles. The van der Waals surface area contributed by atoms with Gasteiger partial charge in [0.15, 0.2) is 0 Å². The van der Waals surface area contributed by atoms with Crippen LogP contribution in [0, 0.1) is 5.92 Å². The zero-order valence-electron chi connectivity index (χ0n) is 11.0. The summed E-state index contributed by atoms with van der Waals surface area (Å²) in [5.74, 6) is 0.484. The van der Waals surface area contributed by atoms with Gasteiger partial charge in [0, 0.05) is 37.8 Å². The zero-order chi connectivity index (χ0) is 13.7. The normalized spacial score (nSPS) is 22.9. The number of nitrogens with one attached hydrogen (secondary N) is 1. The molecule has 0 aliphatic heterocycles. The summed E-state index contributed by atoms with van der Waals surface area (Å²) in [6.07, 6.45) is 4.96. The van der Waals surface area contributed by atoms with Gasteiger partial charge in [-0.15, -0.1) is 0 Å². The Morgan fingerprint density at radius 1 is 1.58 bits per heavy atom. The van der Waals surface area contributed by atoms with E-state index in [4.69, 9.17) is 5.73 Å². The van der Waals surface area contributed by atoms with Gasteiger partial charge >= 0.3 is 0 Å². The number of hydrogen-bond donors (Lipinski definition) is 2. The van der Waals surface area contributed by atoms with Crippen LogP contribution < -0.4 is 11.1 Å². The Morgan fingerprint density at radius 3 is 3.05 bits per heavy atom. The van der Waals surface area contributed by atoms with Gasteiger partial charge in [0.25, 0.3) is 0 Å². The van der Waals surface area contributed by atoms with E-state index in [1.165, 1.54) is 0 Å². The molecule has 1 amide bonds. The van der Waals surface area contributed by atoms with E-state index in [2.05, 4.69) is 15.3 Å². The van der Waals surface area contributed by atoms with Crippen LogP contribution in [0.2, 0.25) is 0 Å². The maximum absolute atomic E-state index is 12.2. The van der Waals surface area contributed by atoms with Crippen molar-refractivity contribution in [2.45, 2.75) is 12.8 Å². The van der Waals surface area contributed by atoms with Crippen LogP contribution in [0.25, 0.3) is 0 Å². The highest BCUT2D eigenvalue weighted by atomic mass is 16.1. The predicted octanol–water partition coefficient (Wildman–Crippen LogP) is 1.39. The minimum atomic E-state index is -0.0847. The van der Waals surface area contributed by atoms with Crippen molar-refractivity contribution >= 4 is 17.4 Å². The van der Waals surface area contributed by atoms with Crippen LogP contribution in [-0.2, 0) is 4.79 Å². The molecule has 0 radical (unpaired) electrons. The number of hydrogen-bond acceptors (Lipinski definition) is 4. The molecular weight excluding hydrogens is 240 g/mol. The van der Waals surface area contributed by atoms with Gasteiger partial charge in [0.1, 0.15) is 5.82 Å². The molecule has 0 spiro atoms. The SMILES string of the molecule is CN=C1CC(C(=O)Nc2ccccn2)C/C1=C/CN. The molecule has 1 saturated carbocycles. The summed E-state index contributed by atoms with van der Waals surface area (Å²) in [5.41, 5.74) is 7.60. The molecule has 100 valence electrons. The van der Waals surface area contributed by atoms with Crippen molar-refractivity contribution in [1.29, 1.82) is 0 Å². The molecule has 19 heavy (non-hydrogen) atoms. The minimum absolute atomic E-state index is 0.0136. The van der Waals surface area contributed by atoms with E-state index < -0.39 is 0 Å². The van der Waals surface area contributed by atoms with Gasteiger partial charge in [-0.2, -0.15) is 0 Å². The van der Waals surface area contributed by atoms with Crippen molar-refractivity contribution in [3.63, 3.8) is 0 Å². The molecule has 1 aromatic rings. The number of aromatic nitrogens is 1. The second-order valence-corrected chi connectivity index (χ2v) is 4.44. The average molecular weight is 258 g/mol. The highest BCUT2D eigenvalue weighted by Crippen LogP contribution is 2.29. The lowest BCUT2D eigenvalue weighted by Gasteiger charge is -2.08. The number of anilines is 1. The van der Waals surface area contributed by atoms with Crippen molar-refractivity contribution in [2.75, 3.05) is 18.9 Å². The Kier molecular flexibility index (Phi) is 4.41. The van der Waals surface area contributed by atoms with Crippen LogP contribution >= 0.6 is 0 Å². The fraction of sp³-hybridized carbons (Fsp3) is 0.357. The Morgan fingerprint density at radius 2 is 2.42 bits per heavy atom. The van der Waals surface area contributed by atoms with E-state index in [1.807, 2.05) is 18.2 Å². The Labute approximate surface area is 112 Å². The van der Waals surface area contributed by atoms with Gasteiger partial charge in [0.05, 0.1) is 0 Å². The molecule has 1 heterocycles. The van der Waals surface area contributed by atoms with Crippen LogP contribution in [0.4, 0.5) is 5.82 Å². The first kappa shape index (κ1) is 13.4. The van der Waals surface area contributed by atoms with Crippen LogP contribution in [-0.4, -0.2) is 30.2 Å². The van der Waals surface area contributed by atoms with E-state index in [9.17, 15) is 4.79 Å². The minimum Gasteiger partial charge on any atom is -0.327 e. The molecule has 0 bridgehead atoms. The first-order valence-corrected chi connectivity index (χ1v) is 6.31. The zero-order valence-corrected chi connectivity index (χ0v) is 11.0. The molecular formula is C14H18N4O. The van der Waals surface area contributed by atoms with Gasteiger partial charge < -0.3 is 11.1 Å². The Hall–Kier alpha value is -2.01. The fourth-order valence-corrected chi connectivity index (χ4v) is 2.25. The van der Waals surface area contributed by atoms with Crippen molar-refractivity contribution in [2.24, 2.45) is 16.6 Å². The predicted molar refractivity (Wildman–Crippen MR) is 76.1 cm³/mol. The Balaban J connectivity index is 2.04. The van der Waals surface area contributed by atoms with Crippen molar-refractivity contribution in [3.8, 4) is 0 Å². The van der Waals surface area contributed by atoms with E-state index in [0.29, 0.717) is 25.2 Å². The van der Waals surface area contributed by atoms with Gasteiger partial charge in [-0.25, -0.2) is 4.98 Å². The van der Waals surface area contributed by atoms with Gasteiger partial charge in [-0.05, 0) is 24.1 Å². The van der Waals surface area contributed by atoms with Crippen molar-refractivity contribution in [1.82, 2.24) is 4.98 Å². The monoisotopic (exact) mass is 258 g/mol. The summed E-state index contributed by atoms with van der Waals surface area (Å²) in [6, 6.07) is 5.43. The molecule has 0 saturated heterocycles. The second-order valence-electron chi connectivity index (χ2n) is 4.44. The number of aliphatic imine (C=N–C) groups is 1. The molecule has 1 atom stereocenters. The summed E-state index contributed by atoms with van der Waals surface area (Å²) in [4.78, 5) is 20.5. The Bertz CT molecular complexity index is 507. The number of nitrogens with zero attached hydrogens (tertiary/aromatic N) is 2. The molecule has 1 aliphatic carbocycles. The average Bonchev–Trinajstić information content (AvgIpc) is 2.83. The number of carbonyl (C=O) groups excluding carboxylic acids is 1. The van der Waals surface area contributed by atoms with Crippen LogP contribution in [0.1, 0.15) is 12.8 Å². The van der Waals surface area contributed by atoms with Gasteiger partial charge in [0.2, 0.25) is 5.91 Å². The summed E-state index contributed by atoms with van der Waals surface area (Å²) < 4.78 is 0. The van der Waals surface area contributed by atoms with E-state index in [0.717, 1.165) is 11.3 Å². The van der Waals surface area contributed by atoms with Gasteiger partial charge in [-0.3, -0.25) is 9.79 Å². The maximum atomic E-state index is 12.2. The van der Waals surface area contributed by atoms with Crippen molar-refractivity contribution in [3.05, 3.63) is 36.0 Å². The molecule has 2 rings (SSSR count). The molecule has 5 nitrogen and oxygen atoms in total. The van der Waals surface area contributed by atoms with Crippen LogP contribution in [0.15, 0.2) is 41.0 Å². The third-order valence-electron chi connectivity index (χ3n) is 3.20. The van der Waals surface area contributed by atoms with E-state index in [-0.39, 0.29) is 11.8 Å². The summed E-state index contributed by atoms with van der Waals surface area (Å²) >= 11 is 0. The topological polar surface area (TPSA) is 80.4 Å². The number of allylic oxidation sites excluding steroid dienone is 1. The molecule has 1 aliphatic rings. The number of nitrogens with two attached hydrogens (primary N) is 1. The van der Waals surface area contributed by atoms with Crippen molar-refractivity contribution < 1.29 is 4.79 Å². The molecule has 5 heteroatoms. The summed E-state index contributed by atoms with van der Waals surface area (Å²) in [5, 5.41) is 2.83. The van der Waals surface area contributed by atoms with E-state index in [1.54, 1.807) is 19.3 Å². The number of rotatable bonds is 3. The van der Waals surface area contributed by atoms with Crippen LogP contribution in [0.5, 0.6) is 0 Å². The molecule has 3 N–H and O–H groups in total. The largest absolute Gasteiger partial charge is 0.327 e. The van der Waals surface area contributed by atoms with E-state index >= 15 is 0 Å². The molecule has 1 unspecified atom stereocenters. The summed E-state index contributed by atoms with van der Waals surface area (Å²) in [7, 11) is 1.75. The number of pyridine rings is 1. The first-order valence-electron chi connectivity index (χ1n) is 6.31. The highest BCUT2D eigenvalue weighted by molar-refractivity contribution is 6.07. The smallest absolute Gasteiger partial charge is 0.229 e. The van der Waals surface area contributed by atoms with Crippen LogP contribution in [0.3, 0.4) is 0 Å². The lowest BCUT2D eigenvalue weighted by Crippen LogP contribution is -2.21. The third kappa shape index (κ3) is 3.26. The molecule has 1 fully saturated rings. The number of carbonyl (C=O) groups is 1. The first-order chi connectivity index (χ1) is 9.24. The summed E-state index contributed by atoms with van der Waals surface area (Å²) in [6.45, 7) is 0.475. The lowest BCUT2D eigenvalue weighted by molar-refractivity contribution is -0.119. The second kappa shape index (κ2) is 6.24.